The molecule has 0 spiro atoms. The van der Waals surface area contributed by atoms with E-state index in [1.54, 1.807) is 6.08 Å². The third kappa shape index (κ3) is 4.46. The molecule has 0 unspecified atom stereocenters. The van der Waals surface area contributed by atoms with E-state index in [0.29, 0.717) is 5.75 Å². The quantitative estimate of drug-likeness (QED) is 0.781. The number of allylic oxidation sites excluding steroid dienone is 1. The Hall–Kier alpha value is -1.57. The van der Waals surface area contributed by atoms with E-state index in [4.69, 9.17) is 0 Å². The normalized spacial score (nSPS) is 13.1. The maximum Gasteiger partial charge on any atom is 0.162 e. The van der Waals surface area contributed by atoms with Crippen LogP contribution in [0.15, 0.2) is 18.2 Å². The van der Waals surface area contributed by atoms with Crippen molar-refractivity contribution in [2.75, 3.05) is 0 Å². The van der Waals surface area contributed by atoms with Crippen molar-refractivity contribution < 1.29 is 9.90 Å². The number of hydrogen-bond acceptors (Lipinski definition) is 2. The molecule has 22 heavy (non-hydrogen) atoms. The van der Waals surface area contributed by atoms with Crippen LogP contribution in [0.3, 0.4) is 0 Å². The van der Waals surface area contributed by atoms with Crippen LogP contribution in [0.1, 0.15) is 72.1 Å². The zero-order valence-electron chi connectivity index (χ0n) is 15.2. The van der Waals surface area contributed by atoms with Crippen molar-refractivity contribution in [3.05, 3.63) is 40.8 Å². The highest BCUT2D eigenvalue weighted by Gasteiger charge is 2.26. The molecular formula is C20H29O2. The van der Waals surface area contributed by atoms with Gasteiger partial charge in [-0.1, -0.05) is 61.5 Å². The molecule has 0 aliphatic carbocycles. The van der Waals surface area contributed by atoms with Gasteiger partial charge in [0.25, 0.3) is 0 Å². The first kappa shape index (κ1) is 18.5. The molecule has 2 nitrogen and oxygen atoms in total. The third-order valence-electron chi connectivity index (χ3n) is 3.67. The summed E-state index contributed by atoms with van der Waals surface area (Å²) in [5, 5.41) is 10.7. The summed E-state index contributed by atoms with van der Waals surface area (Å²) in [6.45, 7) is 16.1. The second-order valence-electron chi connectivity index (χ2n) is 8.16. The molecule has 0 fully saturated rings. The van der Waals surface area contributed by atoms with Gasteiger partial charge in [0.2, 0.25) is 0 Å². The lowest BCUT2D eigenvalue weighted by Gasteiger charge is -2.27. The van der Waals surface area contributed by atoms with Crippen LogP contribution in [-0.4, -0.2) is 10.9 Å². The summed E-state index contributed by atoms with van der Waals surface area (Å²) in [7, 11) is 0. The minimum Gasteiger partial charge on any atom is -0.507 e. The number of aromatic hydroxyl groups is 1. The second kappa shape index (κ2) is 6.28. The van der Waals surface area contributed by atoms with Crippen molar-refractivity contribution in [2.24, 2.45) is 0 Å². The van der Waals surface area contributed by atoms with Gasteiger partial charge in [-0.15, -0.1) is 0 Å². The van der Waals surface area contributed by atoms with Crippen molar-refractivity contribution >= 4 is 11.9 Å². The standard InChI is InChI=1S/C20H29O2/c1-13(2)17(21)10-9-14-11-15(19(3,4)5)18(22)16(12-14)20(6,7)8/h9-12,22H,1-8H3. The Labute approximate surface area is 135 Å². The van der Waals surface area contributed by atoms with Gasteiger partial charge < -0.3 is 5.11 Å². The first-order valence-electron chi connectivity index (χ1n) is 7.74. The van der Waals surface area contributed by atoms with Gasteiger partial charge in [0.15, 0.2) is 5.78 Å². The molecule has 0 amide bonds. The molecule has 0 atom stereocenters. The van der Waals surface area contributed by atoms with E-state index in [2.05, 4.69) is 41.5 Å². The molecule has 1 aromatic rings. The summed E-state index contributed by atoms with van der Waals surface area (Å²) in [5.41, 5.74) is 2.44. The summed E-state index contributed by atoms with van der Waals surface area (Å²) < 4.78 is 0. The number of rotatable bonds is 3. The van der Waals surface area contributed by atoms with Gasteiger partial charge in [-0.25, -0.2) is 0 Å². The summed E-state index contributed by atoms with van der Waals surface area (Å²) in [6, 6.07) is 3.94. The summed E-state index contributed by atoms with van der Waals surface area (Å²) >= 11 is 0. The largest absolute Gasteiger partial charge is 0.507 e. The van der Waals surface area contributed by atoms with E-state index in [0.717, 1.165) is 22.6 Å². The van der Waals surface area contributed by atoms with Crippen LogP contribution >= 0.6 is 0 Å². The Balaban J connectivity index is 3.45. The Morgan fingerprint density at radius 1 is 0.955 bits per heavy atom. The minimum absolute atomic E-state index is 0.0303. The van der Waals surface area contributed by atoms with Crippen molar-refractivity contribution in [3.63, 3.8) is 0 Å². The molecule has 121 valence electrons. The number of phenols is 1. The van der Waals surface area contributed by atoms with E-state index in [1.165, 1.54) is 0 Å². The van der Waals surface area contributed by atoms with Crippen LogP contribution in [0.5, 0.6) is 5.75 Å². The average Bonchev–Trinajstić information content (AvgIpc) is 2.33. The molecule has 0 saturated heterocycles. The van der Waals surface area contributed by atoms with Crippen molar-refractivity contribution in [3.8, 4) is 5.75 Å². The lowest BCUT2D eigenvalue weighted by Crippen LogP contribution is -2.17. The van der Waals surface area contributed by atoms with Gasteiger partial charge in [0.1, 0.15) is 5.75 Å². The number of carbonyl (C=O) groups is 1. The fourth-order valence-electron chi connectivity index (χ4n) is 2.24. The van der Waals surface area contributed by atoms with Gasteiger partial charge >= 0.3 is 0 Å². The predicted molar refractivity (Wildman–Crippen MR) is 94.1 cm³/mol. The highest BCUT2D eigenvalue weighted by molar-refractivity contribution is 6.02. The van der Waals surface area contributed by atoms with Crippen molar-refractivity contribution in [1.82, 2.24) is 0 Å². The molecule has 1 rings (SSSR count). The maximum atomic E-state index is 11.8. The molecule has 1 radical (unpaired) electrons. The highest BCUT2D eigenvalue weighted by Crippen LogP contribution is 2.40. The van der Waals surface area contributed by atoms with Gasteiger partial charge in [-0.05, 0) is 34.6 Å². The molecule has 1 N–H and O–H groups in total. The molecule has 0 aromatic heterocycles. The fraction of sp³-hybridized carbons (Fsp3) is 0.500. The van der Waals surface area contributed by atoms with Gasteiger partial charge in [0, 0.05) is 17.0 Å². The fourth-order valence-corrected chi connectivity index (χ4v) is 2.24. The number of phenolic OH excluding ortho intramolecular Hbond substituents is 1. The van der Waals surface area contributed by atoms with Crippen molar-refractivity contribution in [2.45, 2.75) is 66.2 Å². The molecule has 1 aromatic carbocycles. The van der Waals surface area contributed by atoms with Gasteiger partial charge in [-0.3, -0.25) is 4.79 Å². The van der Waals surface area contributed by atoms with E-state index in [-0.39, 0.29) is 16.6 Å². The van der Waals surface area contributed by atoms with Crippen LogP contribution < -0.4 is 0 Å². The predicted octanol–water partition coefficient (Wildman–Crippen LogP) is 5.18. The molecule has 0 saturated carbocycles. The lowest BCUT2D eigenvalue weighted by atomic mass is 9.78. The SMILES string of the molecule is C[C](C)C(=O)C=Cc1cc(C(C)(C)C)c(O)c(C(C)(C)C)c1. The summed E-state index contributed by atoms with van der Waals surface area (Å²) in [4.78, 5) is 11.8. The Bertz CT molecular complexity index is 544. The molecule has 0 aliphatic heterocycles. The first-order chi connectivity index (χ1) is 9.84. The zero-order valence-corrected chi connectivity index (χ0v) is 15.2. The first-order valence-corrected chi connectivity index (χ1v) is 7.74. The smallest absolute Gasteiger partial charge is 0.162 e. The Kier molecular flexibility index (Phi) is 5.27. The van der Waals surface area contributed by atoms with E-state index >= 15 is 0 Å². The topological polar surface area (TPSA) is 37.3 Å². The number of carbonyl (C=O) groups excluding carboxylic acids is 1. The van der Waals surface area contributed by atoms with Crippen molar-refractivity contribution in [1.29, 1.82) is 0 Å². The number of hydrogen-bond donors (Lipinski definition) is 1. The zero-order chi connectivity index (χ0) is 17.3. The van der Waals surface area contributed by atoms with Crippen LogP contribution in [0, 0.1) is 5.92 Å². The molecule has 0 bridgehead atoms. The van der Waals surface area contributed by atoms with Gasteiger partial charge in [0.05, 0.1) is 0 Å². The van der Waals surface area contributed by atoms with Crippen LogP contribution in [-0.2, 0) is 15.6 Å². The third-order valence-corrected chi connectivity index (χ3v) is 3.67. The maximum absolute atomic E-state index is 11.8. The Morgan fingerprint density at radius 2 is 1.36 bits per heavy atom. The molecular weight excluding hydrogens is 272 g/mol. The minimum atomic E-state index is -0.162. The number of benzene rings is 1. The van der Waals surface area contributed by atoms with Gasteiger partial charge in [-0.2, -0.15) is 0 Å². The van der Waals surface area contributed by atoms with E-state index in [9.17, 15) is 9.90 Å². The Morgan fingerprint density at radius 3 is 1.68 bits per heavy atom. The van der Waals surface area contributed by atoms with Crippen LogP contribution in [0.25, 0.3) is 6.08 Å². The van der Waals surface area contributed by atoms with Crippen LogP contribution in [0.2, 0.25) is 0 Å². The van der Waals surface area contributed by atoms with E-state index < -0.39 is 0 Å². The monoisotopic (exact) mass is 301 g/mol. The molecule has 2 heteroatoms. The van der Waals surface area contributed by atoms with E-state index in [1.807, 2.05) is 32.1 Å². The van der Waals surface area contributed by atoms with Crippen LogP contribution in [0.4, 0.5) is 0 Å². The molecule has 0 heterocycles. The second-order valence-corrected chi connectivity index (χ2v) is 8.16. The number of ketones is 1. The summed E-state index contributed by atoms with van der Waals surface area (Å²) in [5.74, 6) is 1.16. The highest BCUT2D eigenvalue weighted by atomic mass is 16.3. The average molecular weight is 301 g/mol. The summed E-state index contributed by atoms with van der Waals surface area (Å²) in [6.07, 6.45) is 3.43. The molecule has 0 aliphatic rings. The lowest BCUT2D eigenvalue weighted by molar-refractivity contribution is -0.112.